The van der Waals surface area contributed by atoms with Gasteiger partial charge in [0.05, 0.1) is 0 Å². The molecule has 25 heavy (non-hydrogen) atoms. The highest BCUT2D eigenvalue weighted by atomic mass is 19.1. The number of halogens is 1. The molecule has 2 atom stereocenters. The van der Waals surface area contributed by atoms with Crippen molar-refractivity contribution in [3.8, 4) is 12.3 Å². The van der Waals surface area contributed by atoms with E-state index in [0.29, 0.717) is 24.8 Å². The molecule has 0 fully saturated rings. The molecule has 0 spiro atoms. The smallest absolute Gasteiger partial charge is 0.243 e. The molecule has 0 radical (unpaired) electrons. The Bertz CT molecular complexity index is 653. The Hall–Kier alpha value is -2.88. The average Bonchev–Trinajstić information content (AvgIpc) is 2.54. The molecule has 0 aliphatic carbocycles. The van der Waals surface area contributed by atoms with Gasteiger partial charge in [-0.1, -0.05) is 12.1 Å². The number of carbonyl (C=O) groups is 3. The minimum absolute atomic E-state index is 0.154. The molecule has 1 aromatic carbocycles. The summed E-state index contributed by atoms with van der Waals surface area (Å²) in [7, 11) is 0. The number of unbranched alkanes of at least 4 members (excludes halogenated alkanes) is 1. The molecule has 3 amide bonds. The van der Waals surface area contributed by atoms with Crippen molar-refractivity contribution < 1.29 is 18.8 Å². The monoisotopic (exact) mass is 347 g/mol. The number of hydrogen-bond donors (Lipinski definition) is 3. The quantitative estimate of drug-likeness (QED) is 0.451. The number of terminal acetylenes is 1. The molecule has 0 bridgehead atoms. The number of amides is 3. The van der Waals surface area contributed by atoms with E-state index in [4.69, 9.17) is 12.2 Å². The third-order valence-electron chi connectivity index (χ3n) is 3.52. The summed E-state index contributed by atoms with van der Waals surface area (Å²) in [6.07, 6.45) is 6.63. The molecule has 0 saturated carbocycles. The number of benzene rings is 1. The van der Waals surface area contributed by atoms with Crippen LogP contribution < -0.4 is 16.4 Å². The molecule has 0 aliphatic rings. The lowest BCUT2D eigenvalue weighted by molar-refractivity contribution is -0.130. The lowest BCUT2D eigenvalue weighted by atomic mass is 10.0. The SMILES string of the molecule is C#CCCC[C@H](NC(=O)[C@@H](Cc1ccc(F)cc1)NC(C)=O)C(N)=O. The van der Waals surface area contributed by atoms with Crippen LogP contribution in [0.5, 0.6) is 0 Å². The summed E-state index contributed by atoms with van der Waals surface area (Å²) in [5.74, 6) is 0.444. The van der Waals surface area contributed by atoms with E-state index in [0.717, 1.165) is 0 Å². The zero-order valence-corrected chi connectivity index (χ0v) is 14.0. The van der Waals surface area contributed by atoms with E-state index in [2.05, 4.69) is 16.6 Å². The second-order valence-corrected chi connectivity index (χ2v) is 5.64. The van der Waals surface area contributed by atoms with Crippen LogP contribution in [-0.4, -0.2) is 29.8 Å². The van der Waals surface area contributed by atoms with Crippen molar-refractivity contribution in [1.82, 2.24) is 10.6 Å². The van der Waals surface area contributed by atoms with Crippen molar-refractivity contribution in [3.05, 3.63) is 35.6 Å². The molecule has 0 saturated heterocycles. The molecule has 1 rings (SSSR count). The van der Waals surface area contributed by atoms with Gasteiger partial charge in [-0.25, -0.2) is 4.39 Å². The predicted molar refractivity (Wildman–Crippen MR) is 91.5 cm³/mol. The fourth-order valence-electron chi connectivity index (χ4n) is 2.28. The van der Waals surface area contributed by atoms with E-state index in [-0.39, 0.29) is 6.42 Å². The van der Waals surface area contributed by atoms with Gasteiger partial charge in [-0.3, -0.25) is 14.4 Å². The number of carbonyl (C=O) groups excluding carboxylic acids is 3. The molecular formula is C18H22FN3O3. The van der Waals surface area contributed by atoms with Gasteiger partial charge in [-0.2, -0.15) is 0 Å². The summed E-state index contributed by atoms with van der Waals surface area (Å²) < 4.78 is 13.0. The first-order chi connectivity index (χ1) is 11.8. The van der Waals surface area contributed by atoms with Gasteiger partial charge in [0.1, 0.15) is 17.9 Å². The highest BCUT2D eigenvalue weighted by Crippen LogP contribution is 2.07. The van der Waals surface area contributed by atoms with Crippen LogP contribution in [0.15, 0.2) is 24.3 Å². The Morgan fingerprint density at radius 1 is 1.20 bits per heavy atom. The topological polar surface area (TPSA) is 101 Å². The van der Waals surface area contributed by atoms with E-state index in [1.807, 2.05) is 0 Å². The maximum Gasteiger partial charge on any atom is 0.243 e. The summed E-state index contributed by atoms with van der Waals surface area (Å²) in [5, 5.41) is 5.07. The van der Waals surface area contributed by atoms with Gasteiger partial charge in [0, 0.05) is 19.8 Å². The van der Waals surface area contributed by atoms with Crippen molar-refractivity contribution in [3.63, 3.8) is 0 Å². The van der Waals surface area contributed by atoms with Gasteiger partial charge in [-0.15, -0.1) is 12.3 Å². The Balaban J connectivity index is 2.80. The van der Waals surface area contributed by atoms with Gasteiger partial charge < -0.3 is 16.4 Å². The summed E-state index contributed by atoms with van der Waals surface area (Å²) in [4.78, 5) is 35.3. The van der Waals surface area contributed by atoms with Crippen molar-refractivity contribution in [2.75, 3.05) is 0 Å². The first-order valence-electron chi connectivity index (χ1n) is 7.88. The second-order valence-electron chi connectivity index (χ2n) is 5.64. The Morgan fingerprint density at radius 2 is 1.84 bits per heavy atom. The summed E-state index contributed by atoms with van der Waals surface area (Å²) in [6, 6.07) is 3.81. The van der Waals surface area contributed by atoms with Crippen molar-refractivity contribution >= 4 is 17.7 Å². The second kappa shape index (κ2) is 10.1. The standard InChI is InChI=1S/C18H22FN3O3/c1-3-4-5-6-15(17(20)24)22-18(25)16(21-12(2)23)11-13-7-9-14(19)10-8-13/h1,7-10,15-16H,4-6,11H2,2H3,(H2,20,24)(H,21,23)(H,22,25)/t15-,16+/m0/s1. The molecule has 0 heterocycles. The van der Waals surface area contributed by atoms with Gasteiger partial charge >= 0.3 is 0 Å². The third kappa shape index (κ3) is 7.48. The van der Waals surface area contributed by atoms with Gasteiger partial charge in [0.15, 0.2) is 0 Å². The molecular weight excluding hydrogens is 325 g/mol. The minimum Gasteiger partial charge on any atom is -0.368 e. The van der Waals surface area contributed by atoms with Crippen LogP contribution in [0.1, 0.15) is 31.7 Å². The molecule has 0 unspecified atom stereocenters. The normalized spacial score (nSPS) is 12.5. The predicted octanol–water partition coefficient (Wildman–Crippen LogP) is 0.647. The maximum absolute atomic E-state index is 13.0. The highest BCUT2D eigenvalue weighted by Gasteiger charge is 2.25. The minimum atomic E-state index is -0.905. The number of primary amides is 1. The number of nitrogens with two attached hydrogens (primary N) is 1. The molecule has 7 heteroatoms. The Labute approximate surface area is 146 Å². The number of hydrogen-bond acceptors (Lipinski definition) is 3. The lowest BCUT2D eigenvalue weighted by Crippen LogP contribution is -2.53. The largest absolute Gasteiger partial charge is 0.368 e. The fraction of sp³-hybridized carbons (Fsp3) is 0.389. The zero-order chi connectivity index (χ0) is 18.8. The molecule has 1 aromatic rings. The maximum atomic E-state index is 13.0. The van der Waals surface area contributed by atoms with E-state index >= 15 is 0 Å². The van der Waals surface area contributed by atoms with E-state index in [9.17, 15) is 18.8 Å². The van der Waals surface area contributed by atoms with Crippen LogP contribution in [0.4, 0.5) is 4.39 Å². The highest BCUT2D eigenvalue weighted by molar-refractivity contribution is 5.91. The van der Waals surface area contributed by atoms with Gasteiger partial charge in [0.2, 0.25) is 17.7 Å². The summed E-state index contributed by atoms with van der Waals surface area (Å²) in [6.45, 7) is 1.28. The van der Waals surface area contributed by atoms with Crippen LogP contribution >= 0.6 is 0 Å². The van der Waals surface area contributed by atoms with Crippen LogP contribution in [-0.2, 0) is 20.8 Å². The average molecular weight is 347 g/mol. The Kier molecular flexibility index (Phi) is 8.13. The first kappa shape index (κ1) is 20.2. The van der Waals surface area contributed by atoms with Crippen molar-refractivity contribution in [2.45, 2.75) is 44.7 Å². The molecule has 0 aliphatic heterocycles. The molecule has 4 N–H and O–H groups in total. The van der Waals surface area contributed by atoms with E-state index < -0.39 is 35.6 Å². The number of nitrogens with one attached hydrogen (secondary N) is 2. The Morgan fingerprint density at radius 3 is 2.36 bits per heavy atom. The zero-order valence-electron chi connectivity index (χ0n) is 14.0. The van der Waals surface area contributed by atoms with Crippen LogP contribution in [0.25, 0.3) is 0 Å². The van der Waals surface area contributed by atoms with Gasteiger partial charge in [0.25, 0.3) is 0 Å². The lowest BCUT2D eigenvalue weighted by Gasteiger charge is -2.21. The molecule has 0 aromatic heterocycles. The van der Waals surface area contributed by atoms with Crippen LogP contribution in [0.3, 0.4) is 0 Å². The molecule has 6 nitrogen and oxygen atoms in total. The summed E-state index contributed by atoms with van der Waals surface area (Å²) >= 11 is 0. The summed E-state index contributed by atoms with van der Waals surface area (Å²) in [5.41, 5.74) is 5.97. The van der Waals surface area contributed by atoms with E-state index in [1.165, 1.54) is 31.2 Å². The number of rotatable bonds is 9. The van der Waals surface area contributed by atoms with E-state index in [1.54, 1.807) is 0 Å². The fourth-order valence-corrected chi connectivity index (χ4v) is 2.28. The van der Waals surface area contributed by atoms with Crippen molar-refractivity contribution in [2.24, 2.45) is 5.73 Å². The first-order valence-corrected chi connectivity index (χ1v) is 7.88. The van der Waals surface area contributed by atoms with Crippen molar-refractivity contribution in [1.29, 1.82) is 0 Å². The van der Waals surface area contributed by atoms with Crippen LogP contribution in [0.2, 0.25) is 0 Å². The third-order valence-corrected chi connectivity index (χ3v) is 3.52. The van der Waals surface area contributed by atoms with Gasteiger partial charge in [-0.05, 0) is 30.5 Å². The molecule has 134 valence electrons. The van der Waals surface area contributed by atoms with Crippen LogP contribution in [0, 0.1) is 18.2 Å².